The molecule has 2 rings (SSSR count). The Hall–Kier alpha value is -1.69. The van der Waals surface area contributed by atoms with Gasteiger partial charge >= 0.3 is 5.97 Å². The van der Waals surface area contributed by atoms with Gasteiger partial charge in [-0.3, -0.25) is 4.98 Å². The summed E-state index contributed by atoms with van der Waals surface area (Å²) in [5.41, 5.74) is 0.973. The monoisotopic (exact) mass is 281 g/mol. The van der Waals surface area contributed by atoms with Gasteiger partial charge in [-0.1, -0.05) is 0 Å². The van der Waals surface area contributed by atoms with Crippen molar-refractivity contribution in [3.05, 3.63) is 34.7 Å². The SMILES string of the molecule is COC(=O)c1cnc(-c2ccc(Br)cn2)[nH]1. The van der Waals surface area contributed by atoms with Gasteiger partial charge < -0.3 is 9.72 Å². The highest BCUT2D eigenvalue weighted by Crippen LogP contribution is 2.15. The molecule has 0 unspecified atom stereocenters. The molecule has 1 N–H and O–H groups in total. The number of carbonyl (C=O) groups is 1. The van der Waals surface area contributed by atoms with Crippen LogP contribution in [0.4, 0.5) is 0 Å². The molecular weight excluding hydrogens is 274 g/mol. The van der Waals surface area contributed by atoms with E-state index in [0.717, 1.165) is 4.47 Å². The first-order valence-corrected chi connectivity index (χ1v) is 5.25. The Kier molecular flexibility index (Phi) is 3.00. The van der Waals surface area contributed by atoms with E-state index < -0.39 is 5.97 Å². The molecule has 0 saturated carbocycles. The van der Waals surface area contributed by atoms with Crippen LogP contribution in [0.15, 0.2) is 29.0 Å². The minimum Gasteiger partial charge on any atom is -0.464 e. The van der Waals surface area contributed by atoms with Gasteiger partial charge in [-0.15, -0.1) is 0 Å². The van der Waals surface area contributed by atoms with Crippen LogP contribution >= 0.6 is 15.9 Å². The number of hydrogen-bond donors (Lipinski definition) is 1. The van der Waals surface area contributed by atoms with Crippen molar-refractivity contribution in [3.8, 4) is 11.5 Å². The molecule has 0 spiro atoms. The molecule has 82 valence electrons. The van der Waals surface area contributed by atoms with Crippen LogP contribution in [0, 0.1) is 0 Å². The number of H-pyrrole nitrogens is 1. The van der Waals surface area contributed by atoms with E-state index in [1.54, 1.807) is 12.3 Å². The van der Waals surface area contributed by atoms with E-state index >= 15 is 0 Å². The Morgan fingerprint density at radius 2 is 2.19 bits per heavy atom. The number of carbonyl (C=O) groups excluding carboxylic acids is 1. The first-order valence-electron chi connectivity index (χ1n) is 4.46. The number of esters is 1. The molecule has 2 aromatic rings. The second-order valence-corrected chi connectivity index (χ2v) is 3.91. The zero-order valence-electron chi connectivity index (χ0n) is 8.40. The molecule has 0 aliphatic heterocycles. The molecule has 0 fully saturated rings. The summed E-state index contributed by atoms with van der Waals surface area (Å²) in [6, 6.07) is 3.65. The van der Waals surface area contributed by atoms with E-state index in [4.69, 9.17) is 0 Å². The zero-order valence-corrected chi connectivity index (χ0v) is 9.98. The van der Waals surface area contributed by atoms with Crippen molar-refractivity contribution in [1.29, 1.82) is 0 Å². The molecule has 6 heteroatoms. The van der Waals surface area contributed by atoms with Crippen molar-refractivity contribution in [1.82, 2.24) is 15.0 Å². The lowest BCUT2D eigenvalue weighted by molar-refractivity contribution is 0.0595. The van der Waals surface area contributed by atoms with E-state index in [-0.39, 0.29) is 0 Å². The second-order valence-electron chi connectivity index (χ2n) is 3.00. The standard InChI is InChI=1S/C10H8BrN3O2/c1-16-10(15)8-5-13-9(14-8)7-3-2-6(11)4-12-7/h2-5H,1H3,(H,13,14). The summed E-state index contributed by atoms with van der Waals surface area (Å²) < 4.78 is 5.45. The van der Waals surface area contributed by atoms with Crippen LogP contribution in [0.2, 0.25) is 0 Å². The first kappa shape index (κ1) is 10.8. The number of nitrogens with zero attached hydrogens (tertiary/aromatic N) is 2. The Balaban J connectivity index is 2.31. The molecule has 2 aromatic heterocycles. The summed E-state index contributed by atoms with van der Waals surface area (Å²) in [5, 5.41) is 0. The Morgan fingerprint density at radius 3 is 2.81 bits per heavy atom. The van der Waals surface area contributed by atoms with Crippen LogP contribution < -0.4 is 0 Å². The van der Waals surface area contributed by atoms with Gasteiger partial charge in [-0.2, -0.15) is 0 Å². The first-order chi connectivity index (χ1) is 7.70. The third-order valence-electron chi connectivity index (χ3n) is 1.95. The quantitative estimate of drug-likeness (QED) is 0.856. The molecule has 0 aliphatic carbocycles. The number of methoxy groups -OCH3 is 1. The fourth-order valence-electron chi connectivity index (χ4n) is 1.18. The van der Waals surface area contributed by atoms with Crippen molar-refractivity contribution in [3.63, 3.8) is 0 Å². The van der Waals surface area contributed by atoms with Crippen LogP contribution in [0.1, 0.15) is 10.5 Å². The smallest absolute Gasteiger partial charge is 0.356 e. The number of aromatic nitrogens is 3. The highest BCUT2D eigenvalue weighted by molar-refractivity contribution is 9.10. The fraction of sp³-hybridized carbons (Fsp3) is 0.100. The van der Waals surface area contributed by atoms with E-state index in [2.05, 4.69) is 35.6 Å². The van der Waals surface area contributed by atoms with Gasteiger partial charge in [0.25, 0.3) is 0 Å². The summed E-state index contributed by atoms with van der Waals surface area (Å²) in [6.45, 7) is 0. The molecule has 5 nitrogen and oxygen atoms in total. The van der Waals surface area contributed by atoms with Crippen LogP contribution in [0.3, 0.4) is 0 Å². The van der Waals surface area contributed by atoms with Gasteiger partial charge in [0.1, 0.15) is 11.4 Å². The summed E-state index contributed by atoms with van der Waals surface area (Å²) in [4.78, 5) is 22.2. The van der Waals surface area contributed by atoms with Crippen LogP contribution in [0.5, 0.6) is 0 Å². The topological polar surface area (TPSA) is 67.9 Å². The highest BCUT2D eigenvalue weighted by Gasteiger charge is 2.10. The lowest BCUT2D eigenvalue weighted by Gasteiger charge is -1.96. The summed E-state index contributed by atoms with van der Waals surface area (Å²) in [5.74, 6) is 0.0868. The number of nitrogens with one attached hydrogen (secondary N) is 1. The normalized spacial score (nSPS) is 10.1. The summed E-state index contributed by atoms with van der Waals surface area (Å²) >= 11 is 3.29. The van der Waals surface area contributed by atoms with Gasteiger partial charge in [-0.25, -0.2) is 9.78 Å². The van der Waals surface area contributed by atoms with Crippen LogP contribution in [-0.4, -0.2) is 28.0 Å². The summed E-state index contributed by atoms with van der Waals surface area (Å²) in [6.07, 6.45) is 3.08. The third-order valence-corrected chi connectivity index (χ3v) is 2.42. The van der Waals surface area contributed by atoms with Crippen molar-refractivity contribution in [2.24, 2.45) is 0 Å². The minimum absolute atomic E-state index is 0.308. The number of ether oxygens (including phenoxy) is 1. The second kappa shape index (κ2) is 4.44. The molecule has 2 heterocycles. The van der Waals surface area contributed by atoms with E-state index in [1.807, 2.05) is 6.07 Å². The maximum Gasteiger partial charge on any atom is 0.356 e. The number of hydrogen-bond acceptors (Lipinski definition) is 4. The van der Waals surface area contributed by atoms with Crippen LogP contribution in [-0.2, 0) is 4.74 Å². The number of aromatic amines is 1. The van der Waals surface area contributed by atoms with Crippen molar-refractivity contribution >= 4 is 21.9 Å². The molecule has 16 heavy (non-hydrogen) atoms. The average molecular weight is 282 g/mol. The van der Waals surface area contributed by atoms with Crippen LogP contribution in [0.25, 0.3) is 11.5 Å². The largest absolute Gasteiger partial charge is 0.464 e. The molecule has 0 aliphatic rings. The van der Waals surface area contributed by atoms with Crippen molar-refractivity contribution < 1.29 is 9.53 Å². The average Bonchev–Trinajstić information content (AvgIpc) is 2.78. The predicted octanol–water partition coefficient (Wildman–Crippen LogP) is 2.02. The number of rotatable bonds is 2. The van der Waals surface area contributed by atoms with Gasteiger partial charge in [0, 0.05) is 10.7 Å². The molecular formula is C10H8BrN3O2. The molecule has 0 bridgehead atoms. The molecule has 0 radical (unpaired) electrons. The Labute approximate surface area is 100 Å². The van der Waals surface area contributed by atoms with E-state index in [9.17, 15) is 4.79 Å². The Morgan fingerprint density at radius 1 is 1.38 bits per heavy atom. The van der Waals surface area contributed by atoms with Gasteiger partial charge in [0.05, 0.1) is 13.3 Å². The Bertz CT molecular complexity index is 507. The van der Waals surface area contributed by atoms with E-state index in [0.29, 0.717) is 17.2 Å². The lowest BCUT2D eigenvalue weighted by Crippen LogP contribution is -2.01. The third kappa shape index (κ3) is 2.11. The predicted molar refractivity (Wildman–Crippen MR) is 60.9 cm³/mol. The zero-order chi connectivity index (χ0) is 11.5. The van der Waals surface area contributed by atoms with Crippen molar-refractivity contribution in [2.75, 3.05) is 7.11 Å². The molecule has 0 atom stereocenters. The molecule has 0 aromatic carbocycles. The maximum absolute atomic E-state index is 11.2. The van der Waals surface area contributed by atoms with Gasteiger partial charge in [-0.05, 0) is 28.1 Å². The lowest BCUT2D eigenvalue weighted by atomic mass is 10.3. The van der Waals surface area contributed by atoms with Gasteiger partial charge in [0.15, 0.2) is 5.82 Å². The number of pyridine rings is 1. The highest BCUT2D eigenvalue weighted by atomic mass is 79.9. The summed E-state index contributed by atoms with van der Waals surface area (Å²) in [7, 11) is 1.32. The molecule has 0 saturated heterocycles. The van der Waals surface area contributed by atoms with Gasteiger partial charge in [0.2, 0.25) is 0 Å². The number of imidazole rings is 1. The number of halogens is 1. The fourth-order valence-corrected chi connectivity index (χ4v) is 1.42. The maximum atomic E-state index is 11.2. The molecule has 0 amide bonds. The van der Waals surface area contributed by atoms with E-state index in [1.165, 1.54) is 13.3 Å². The van der Waals surface area contributed by atoms with Crippen molar-refractivity contribution in [2.45, 2.75) is 0 Å². The minimum atomic E-state index is -0.448.